The second-order valence-electron chi connectivity index (χ2n) is 6.91. The first kappa shape index (κ1) is 20.5. The monoisotopic (exact) mass is 368 g/mol. The molecule has 0 fully saturated rings. The first-order valence-corrected chi connectivity index (χ1v) is 9.27. The Morgan fingerprint density at radius 2 is 1.96 bits per heavy atom. The minimum absolute atomic E-state index is 0.103. The molecule has 0 unspecified atom stereocenters. The van der Waals surface area contributed by atoms with Crippen molar-refractivity contribution in [3.63, 3.8) is 0 Å². The van der Waals surface area contributed by atoms with Crippen LogP contribution in [0.1, 0.15) is 51.7 Å². The molecule has 2 aromatic rings. The smallest absolute Gasteiger partial charge is 0.328 e. The molecule has 0 spiro atoms. The van der Waals surface area contributed by atoms with E-state index in [-0.39, 0.29) is 6.10 Å². The van der Waals surface area contributed by atoms with Crippen LogP contribution in [0.3, 0.4) is 0 Å². The van der Waals surface area contributed by atoms with E-state index in [0.717, 1.165) is 35.4 Å². The number of pyridine rings is 1. The van der Waals surface area contributed by atoms with Crippen molar-refractivity contribution < 1.29 is 14.6 Å². The molecule has 1 heterocycles. The van der Waals surface area contributed by atoms with Gasteiger partial charge in [-0.05, 0) is 62.1 Å². The zero-order valence-electron chi connectivity index (χ0n) is 16.6. The number of aromatic nitrogens is 1. The minimum Gasteiger partial charge on any atom is -0.491 e. The van der Waals surface area contributed by atoms with Crippen molar-refractivity contribution >= 4 is 23.6 Å². The maximum absolute atomic E-state index is 10.6. The van der Waals surface area contributed by atoms with Crippen molar-refractivity contribution in [2.75, 3.05) is 11.4 Å². The van der Waals surface area contributed by atoms with Gasteiger partial charge in [-0.2, -0.15) is 0 Å². The topological polar surface area (TPSA) is 62.7 Å². The first-order chi connectivity index (χ1) is 12.8. The van der Waals surface area contributed by atoms with E-state index in [1.807, 2.05) is 26.0 Å². The lowest BCUT2D eigenvalue weighted by molar-refractivity contribution is -0.131. The summed E-state index contributed by atoms with van der Waals surface area (Å²) in [5, 5.41) is 8.73. The van der Waals surface area contributed by atoms with E-state index in [0.29, 0.717) is 5.92 Å². The van der Waals surface area contributed by atoms with Crippen molar-refractivity contribution in [3.8, 4) is 5.75 Å². The zero-order chi connectivity index (χ0) is 20.0. The summed E-state index contributed by atoms with van der Waals surface area (Å²) in [7, 11) is 0. The molecule has 0 saturated carbocycles. The molecule has 27 heavy (non-hydrogen) atoms. The highest BCUT2D eigenvalue weighted by molar-refractivity contribution is 5.85. The third-order valence-electron chi connectivity index (χ3n) is 4.08. The Balaban J connectivity index is 2.35. The van der Waals surface area contributed by atoms with Crippen LogP contribution in [0.15, 0.2) is 42.6 Å². The van der Waals surface area contributed by atoms with E-state index in [4.69, 9.17) is 9.84 Å². The van der Waals surface area contributed by atoms with E-state index in [1.54, 1.807) is 6.20 Å². The molecule has 144 valence electrons. The molecule has 5 nitrogen and oxygen atoms in total. The molecule has 1 aromatic heterocycles. The highest BCUT2D eigenvalue weighted by atomic mass is 16.5. The van der Waals surface area contributed by atoms with Gasteiger partial charge in [0.05, 0.1) is 6.10 Å². The van der Waals surface area contributed by atoms with Gasteiger partial charge < -0.3 is 14.7 Å². The minimum atomic E-state index is -0.975. The first-order valence-electron chi connectivity index (χ1n) is 9.27. The Labute approximate surface area is 161 Å². The number of nitrogens with zero attached hydrogens (tertiary/aromatic N) is 2. The Kier molecular flexibility index (Phi) is 6.99. The Morgan fingerprint density at radius 1 is 1.22 bits per heavy atom. The number of anilines is 2. The highest BCUT2D eigenvalue weighted by Gasteiger charge is 2.15. The standard InChI is InChI=1S/C22H28N2O3/c1-6-24(21-11-7-17(14-23-21)8-12-22(25)26)18-9-10-19(15(2)3)20(13-18)27-16(4)5/h7-16H,6H2,1-5H3,(H,25,26)/b12-8+. The van der Waals surface area contributed by atoms with Crippen LogP contribution in [0.2, 0.25) is 0 Å². The number of carboxylic acids is 1. The van der Waals surface area contributed by atoms with Crippen molar-refractivity contribution in [2.24, 2.45) is 0 Å². The summed E-state index contributed by atoms with van der Waals surface area (Å²) >= 11 is 0. The number of carboxylic acid groups (broad SMARTS) is 1. The summed E-state index contributed by atoms with van der Waals surface area (Å²) in [6.45, 7) is 11.2. The predicted octanol–water partition coefficient (Wildman–Crippen LogP) is 5.25. The summed E-state index contributed by atoms with van der Waals surface area (Å²) in [6, 6.07) is 10.0. The van der Waals surface area contributed by atoms with Crippen LogP contribution in [0, 0.1) is 0 Å². The van der Waals surface area contributed by atoms with Crippen LogP contribution in [-0.2, 0) is 4.79 Å². The zero-order valence-corrected chi connectivity index (χ0v) is 16.6. The Hall–Kier alpha value is -2.82. The maximum atomic E-state index is 10.6. The van der Waals surface area contributed by atoms with E-state index in [9.17, 15) is 4.79 Å². The van der Waals surface area contributed by atoms with Crippen LogP contribution in [0.25, 0.3) is 6.08 Å². The molecule has 0 amide bonds. The van der Waals surface area contributed by atoms with Gasteiger partial charge in [0.25, 0.3) is 0 Å². The number of benzene rings is 1. The lowest BCUT2D eigenvalue weighted by Crippen LogP contribution is -2.18. The highest BCUT2D eigenvalue weighted by Crippen LogP contribution is 2.34. The molecule has 0 atom stereocenters. The molecule has 0 bridgehead atoms. The molecular weight excluding hydrogens is 340 g/mol. The van der Waals surface area contributed by atoms with Gasteiger partial charge in [0.1, 0.15) is 11.6 Å². The van der Waals surface area contributed by atoms with E-state index in [2.05, 4.69) is 48.9 Å². The largest absolute Gasteiger partial charge is 0.491 e. The Bertz CT molecular complexity index is 796. The molecule has 0 saturated heterocycles. The third-order valence-corrected chi connectivity index (χ3v) is 4.08. The molecule has 0 aliphatic rings. The van der Waals surface area contributed by atoms with Crippen LogP contribution in [-0.4, -0.2) is 28.7 Å². The second-order valence-corrected chi connectivity index (χ2v) is 6.91. The number of rotatable bonds is 8. The van der Waals surface area contributed by atoms with Crippen molar-refractivity contribution in [1.29, 1.82) is 0 Å². The Morgan fingerprint density at radius 3 is 2.48 bits per heavy atom. The lowest BCUT2D eigenvalue weighted by atomic mass is 10.0. The van der Waals surface area contributed by atoms with Crippen LogP contribution >= 0.6 is 0 Å². The molecule has 2 rings (SSSR count). The molecule has 0 radical (unpaired) electrons. The number of ether oxygens (including phenoxy) is 1. The van der Waals surface area contributed by atoms with Gasteiger partial charge in [-0.1, -0.05) is 19.9 Å². The number of hydrogen-bond donors (Lipinski definition) is 1. The lowest BCUT2D eigenvalue weighted by Gasteiger charge is -2.25. The van der Waals surface area contributed by atoms with Gasteiger partial charge in [-0.25, -0.2) is 9.78 Å². The fourth-order valence-electron chi connectivity index (χ4n) is 2.82. The van der Waals surface area contributed by atoms with Gasteiger partial charge in [0.15, 0.2) is 0 Å². The molecule has 1 N–H and O–H groups in total. The average molecular weight is 368 g/mol. The molecule has 5 heteroatoms. The van der Waals surface area contributed by atoms with Crippen LogP contribution in [0.5, 0.6) is 5.75 Å². The van der Waals surface area contributed by atoms with Crippen LogP contribution in [0.4, 0.5) is 11.5 Å². The average Bonchev–Trinajstić information content (AvgIpc) is 2.61. The molecule has 1 aromatic carbocycles. The van der Waals surface area contributed by atoms with E-state index < -0.39 is 5.97 Å². The molecule has 0 aliphatic carbocycles. The van der Waals surface area contributed by atoms with Crippen molar-refractivity contribution in [2.45, 2.75) is 46.6 Å². The summed E-state index contributed by atoms with van der Waals surface area (Å²) < 4.78 is 6.04. The summed E-state index contributed by atoms with van der Waals surface area (Å²) in [6.07, 6.45) is 4.41. The number of hydrogen-bond acceptors (Lipinski definition) is 4. The van der Waals surface area contributed by atoms with Crippen molar-refractivity contribution in [3.05, 3.63) is 53.7 Å². The second kappa shape index (κ2) is 9.21. The van der Waals surface area contributed by atoms with Gasteiger partial charge in [0, 0.05) is 30.6 Å². The van der Waals surface area contributed by atoms with Gasteiger partial charge in [-0.15, -0.1) is 0 Å². The fourth-order valence-corrected chi connectivity index (χ4v) is 2.82. The van der Waals surface area contributed by atoms with Crippen molar-refractivity contribution in [1.82, 2.24) is 4.98 Å². The predicted molar refractivity (Wildman–Crippen MR) is 110 cm³/mol. The third kappa shape index (κ3) is 5.58. The number of carbonyl (C=O) groups is 1. The van der Waals surface area contributed by atoms with Crippen LogP contribution < -0.4 is 9.64 Å². The van der Waals surface area contributed by atoms with E-state index in [1.165, 1.54) is 11.6 Å². The summed E-state index contributed by atoms with van der Waals surface area (Å²) in [5.41, 5.74) is 2.95. The normalized spacial score (nSPS) is 11.4. The molecular formula is C22H28N2O3. The van der Waals surface area contributed by atoms with Gasteiger partial charge in [-0.3, -0.25) is 0 Å². The fraction of sp³-hybridized carbons (Fsp3) is 0.364. The van der Waals surface area contributed by atoms with Gasteiger partial charge >= 0.3 is 5.97 Å². The molecule has 0 aliphatic heterocycles. The maximum Gasteiger partial charge on any atom is 0.328 e. The number of aliphatic carboxylic acids is 1. The van der Waals surface area contributed by atoms with Gasteiger partial charge in [0.2, 0.25) is 0 Å². The SMILES string of the molecule is CCN(c1ccc(C(C)C)c(OC(C)C)c1)c1ccc(/C=C/C(=O)O)cn1. The van der Waals surface area contributed by atoms with E-state index >= 15 is 0 Å². The quantitative estimate of drug-likeness (QED) is 0.645. The summed E-state index contributed by atoms with van der Waals surface area (Å²) in [5.74, 6) is 1.10. The summed E-state index contributed by atoms with van der Waals surface area (Å²) in [4.78, 5) is 17.2.